The molecule has 2 unspecified atom stereocenters. The van der Waals surface area contributed by atoms with Crippen LogP contribution in [0, 0.1) is 5.92 Å². The van der Waals surface area contributed by atoms with Gasteiger partial charge in [0.05, 0.1) is 0 Å². The zero-order valence-corrected chi connectivity index (χ0v) is 8.61. The fourth-order valence-corrected chi connectivity index (χ4v) is 2.82. The summed E-state index contributed by atoms with van der Waals surface area (Å²) in [5.74, 6) is 0.391. The third kappa shape index (κ3) is 1.86. The molecule has 11 heavy (non-hydrogen) atoms. The van der Waals surface area contributed by atoms with E-state index in [0.29, 0.717) is 9.84 Å². The Balaban J connectivity index is 2.84. The van der Waals surface area contributed by atoms with Crippen molar-refractivity contribution in [3.63, 3.8) is 0 Å². The first-order valence-electron chi connectivity index (χ1n) is 3.50. The summed E-state index contributed by atoms with van der Waals surface area (Å²) in [5.41, 5.74) is 0.917. The topological polar surface area (TPSA) is 17.1 Å². The Bertz CT molecular complexity index is 228. The highest BCUT2D eigenvalue weighted by molar-refractivity contribution is 14.2. The Morgan fingerprint density at radius 2 is 2.45 bits per heavy atom. The minimum absolute atomic E-state index is 0.0238. The Labute approximate surface area is 76.9 Å². The average molecular weight is 262 g/mol. The zero-order chi connectivity index (χ0) is 8.27. The molecule has 0 aliphatic heterocycles. The molecule has 1 aliphatic carbocycles. The number of aldehydes is 1. The van der Waals surface area contributed by atoms with Gasteiger partial charge < -0.3 is 0 Å². The van der Waals surface area contributed by atoms with Gasteiger partial charge in [-0.05, 0) is 11.5 Å². The molecule has 2 heteroatoms. The lowest BCUT2D eigenvalue weighted by Gasteiger charge is -2.19. The van der Waals surface area contributed by atoms with Crippen molar-refractivity contribution in [2.45, 2.75) is 10.8 Å². The van der Waals surface area contributed by atoms with E-state index in [9.17, 15) is 4.79 Å². The van der Waals surface area contributed by atoms with Crippen molar-refractivity contribution in [3.05, 3.63) is 23.8 Å². The monoisotopic (exact) mass is 262 g/mol. The molecule has 0 N–H and O–H groups in total. The van der Waals surface area contributed by atoms with Crippen LogP contribution in [0.5, 0.6) is 0 Å². The van der Waals surface area contributed by atoms with E-state index in [1.54, 1.807) is 0 Å². The molecular formula is C9H11IO. The molecule has 0 saturated heterocycles. The second-order valence-electron chi connectivity index (χ2n) is 2.56. The second-order valence-corrected chi connectivity index (χ2v) is 4.88. The largest absolute Gasteiger partial charge is 0.298 e. The Kier molecular flexibility index (Phi) is 3.17. The molecular weight excluding hydrogens is 251 g/mol. The summed E-state index contributed by atoms with van der Waals surface area (Å²) in [4.78, 5) is 10.5. The standard InChI is InChI=1S/C9H11IO/c1-7-8(6-11)4-3-5-9(7)10-2/h3-7,9H,2H2,1H3. The van der Waals surface area contributed by atoms with Gasteiger partial charge in [-0.1, -0.05) is 29.7 Å². The van der Waals surface area contributed by atoms with Crippen LogP contribution in [-0.2, 0) is 4.79 Å². The predicted molar refractivity (Wildman–Crippen MR) is 57.4 cm³/mol. The molecule has 1 nitrogen and oxygen atoms in total. The second kappa shape index (κ2) is 3.95. The maximum absolute atomic E-state index is 10.5. The van der Waals surface area contributed by atoms with Gasteiger partial charge >= 0.3 is 0 Å². The number of alkyl halides is 1. The van der Waals surface area contributed by atoms with Crippen molar-refractivity contribution in [1.82, 2.24) is 0 Å². The first-order chi connectivity index (χ1) is 5.29. The van der Waals surface area contributed by atoms with Crippen molar-refractivity contribution in [2.75, 3.05) is 0 Å². The average Bonchev–Trinajstić information content (AvgIpc) is 2.05. The molecule has 0 aromatic heterocycles. The quantitative estimate of drug-likeness (QED) is 0.423. The minimum atomic E-state index is -0.0238. The van der Waals surface area contributed by atoms with Gasteiger partial charge in [0.15, 0.2) is 0 Å². The number of allylic oxidation sites excluding steroid dienone is 4. The number of hydrogen-bond acceptors (Lipinski definition) is 1. The third-order valence-corrected chi connectivity index (χ3v) is 4.41. The van der Waals surface area contributed by atoms with Gasteiger partial charge in [0.2, 0.25) is 0 Å². The molecule has 1 rings (SSSR count). The molecule has 0 bridgehead atoms. The van der Waals surface area contributed by atoms with E-state index >= 15 is 0 Å². The van der Waals surface area contributed by atoms with E-state index < -0.39 is 0 Å². The summed E-state index contributed by atoms with van der Waals surface area (Å²) in [6.07, 6.45) is 6.99. The number of carbonyl (C=O) groups excluding carboxylic acids is 1. The summed E-state index contributed by atoms with van der Waals surface area (Å²) in [6, 6.07) is 0. The van der Waals surface area contributed by atoms with Crippen LogP contribution in [0.15, 0.2) is 23.8 Å². The maximum atomic E-state index is 10.5. The molecule has 0 aromatic rings. The SMILES string of the molecule is C=IC1C=CC=C(C=O)C1C. The fourth-order valence-electron chi connectivity index (χ4n) is 1.11. The number of hydrogen-bond donors (Lipinski definition) is 0. The molecule has 0 amide bonds. The number of rotatable bonds is 2. The highest BCUT2D eigenvalue weighted by Crippen LogP contribution is 2.27. The predicted octanol–water partition coefficient (Wildman–Crippen LogP) is 2.09. The number of carbonyl (C=O) groups is 1. The van der Waals surface area contributed by atoms with Crippen LogP contribution >= 0.6 is 20.7 Å². The summed E-state index contributed by atoms with van der Waals surface area (Å²) in [5, 5.41) is 0. The first-order valence-corrected chi connectivity index (χ1v) is 6.27. The van der Waals surface area contributed by atoms with Crippen molar-refractivity contribution >= 4 is 31.5 Å². The van der Waals surface area contributed by atoms with E-state index in [1.807, 2.05) is 12.2 Å². The third-order valence-electron chi connectivity index (χ3n) is 1.90. The first kappa shape index (κ1) is 8.84. The highest BCUT2D eigenvalue weighted by atomic mass is 127. The van der Waals surface area contributed by atoms with Gasteiger partial charge in [0, 0.05) is 3.92 Å². The fraction of sp³-hybridized carbons (Fsp3) is 0.333. The normalized spacial score (nSPS) is 29.7. The van der Waals surface area contributed by atoms with E-state index in [0.717, 1.165) is 11.9 Å². The van der Waals surface area contributed by atoms with Crippen molar-refractivity contribution < 1.29 is 4.79 Å². The van der Waals surface area contributed by atoms with Gasteiger partial charge in [-0.15, -0.1) is 20.7 Å². The maximum Gasteiger partial charge on any atom is 0.146 e. The van der Waals surface area contributed by atoms with Crippen molar-refractivity contribution in [2.24, 2.45) is 5.92 Å². The van der Waals surface area contributed by atoms with Gasteiger partial charge in [-0.2, -0.15) is 0 Å². The Morgan fingerprint density at radius 1 is 1.73 bits per heavy atom. The van der Waals surface area contributed by atoms with E-state index in [-0.39, 0.29) is 20.7 Å². The number of halogens is 1. The van der Waals surface area contributed by atoms with Gasteiger partial charge in [-0.3, -0.25) is 4.79 Å². The van der Waals surface area contributed by atoms with Crippen LogP contribution in [0.3, 0.4) is 0 Å². The summed E-state index contributed by atoms with van der Waals surface area (Å²) in [6.45, 7) is 2.10. The zero-order valence-electron chi connectivity index (χ0n) is 6.46. The molecule has 60 valence electrons. The Morgan fingerprint density at radius 3 is 3.00 bits per heavy atom. The Hall–Kier alpha value is -0.250. The highest BCUT2D eigenvalue weighted by Gasteiger charge is 2.17. The van der Waals surface area contributed by atoms with E-state index in [4.69, 9.17) is 0 Å². The lowest BCUT2D eigenvalue weighted by atomic mass is 9.94. The molecule has 2 atom stereocenters. The smallest absolute Gasteiger partial charge is 0.146 e. The lowest BCUT2D eigenvalue weighted by Crippen LogP contribution is -2.14. The van der Waals surface area contributed by atoms with Crippen LogP contribution in [0.25, 0.3) is 0 Å². The molecule has 0 aromatic carbocycles. The van der Waals surface area contributed by atoms with Crippen molar-refractivity contribution in [3.8, 4) is 0 Å². The van der Waals surface area contributed by atoms with Crippen LogP contribution in [0.2, 0.25) is 0 Å². The van der Waals surface area contributed by atoms with E-state index in [2.05, 4.69) is 17.5 Å². The summed E-state index contributed by atoms with van der Waals surface area (Å²) < 4.78 is 4.50. The van der Waals surface area contributed by atoms with Gasteiger partial charge in [0.1, 0.15) is 6.29 Å². The molecule has 0 saturated carbocycles. The van der Waals surface area contributed by atoms with Gasteiger partial charge in [-0.25, -0.2) is 0 Å². The molecule has 0 heterocycles. The van der Waals surface area contributed by atoms with Crippen LogP contribution < -0.4 is 0 Å². The lowest BCUT2D eigenvalue weighted by molar-refractivity contribution is -0.105. The van der Waals surface area contributed by atoms with E-state index in [1.165, 1.54) is 0 Å². The van der Waals surface area contributed by atoms with Crippen LogP contribution in [-0.4, -0.2) is 14.7 Å². The molecule has 0 radical (unpaired) electrons. The van der Waals surface area contributed by atoms with Crippen molar-refractivity contribution in [1.29, 1.82) is 0 Å². The molecule has 1 aliphatic rings. The van der Waals surface area contributed by atoms with Crippen LogP contribution in [0.4, 0.5) is 0 Å². The molecule has 0 fully saturated rings. The van der Waals surface area contributed by atoms with Gasteiger partial charge in [0.25, 0.3) is 0 Å². The summed E-state index contributed by atoms with van der Waals surface area (Å²) >= 11 is -0.0238. The van der Waals surface area contributed by atoms with Crippen LogP contribution in [0.1, 0.15) is 6.92 Å². The molecule has 0 spiro atoms. The minimum Gasteiger partial charge on any atom is -0.298 e. The summed E-state index contributed by atoms with van der Waals surface area (Å²) in [7, 11) is 0.